The maximum atomic E-state index is 12.6. The first-order valence-electron chi connectivity index (χ1n) is 3.18. The number of aryl methyl sites for hydroxylation is 1. The van der Waals surface area contributed by atoms with E-state index in [0.29, 0.717) is 0 Å². The van der Waals surface area contributed by atoms with Crippen LogP contribution in [0.2, 0.25) is 0 Å². The predicted octanol–water partition coefficient (Wildman–Crippen LogP) is 2.07. The van der Waals surface area contributed by atoms with E-state index in [9.17, 15) is 4.39 Å². The molecule has 0 saturated heterocycles. The van der Waals surface area contributed by atoms with Crippen molar-refractivity contribution in [1.29, 1.82) is 0 Å². The second-order valence-electron chi connectivity index (χ2n) is 2.21. The Morgan fingerprint density at radius 1 is 1.40 bits per heavy atom. The molecule has 0 N–H and O–H groups in total. The van der Waals surface area contributed by atoms with Crippen LogP contribution in [-0.4, -0.2) is 6.66 Å². The van der Waals surface area contributed by atoms with Gasteiger partial charge in [-0.25, -0.2) is 4.39 Å². The molecule has 0 fully saturated rings. The quantitative estimate of drug-likeness (QED) is 0.546. The van der Waals surface area contributed by atoms with Gasteiger partial charge in [-0.3, -0.25) is 0 Å². The lowest BCUT2D eigenvalue weighted by atomic mass is 10.2. The summed E-state index contributed by atoms with van der Waals surface area (Å²) in [5, 5.41) is 1.22. The Labute approximate surface area is 62.2 Å². The summed E-state index contributed by atoms with van der Waals surface area (Å²) in [4.78, 5) is 0. The van der Waals surface area contributed by atoms with Gasteiger partial charge in [0.25, 0.3) is 0 Å². The molecule has 1 rings (SSSR count). The number of hydrogen-bond acceptors (Lipinski definition) is 0. The van der Waals surface area contributed by atoms with E-state index in [1.165, 1.54) is 11.4 Å². The SMILES string of the molecule is CPc1ccc(F)c(C)c1. The van der Waals surface area contributed by atoms with Gasteiger partial charge in [-0.2, -0.15) is 0 Å². The molecule has 0 aliphatic rings. The van der Waals surface area contributed by atoms with Crippen molar-refractivity contribution in [3.63, 3.8) is 0 Å². The lowest BCUT2D eigenvalue weighted by Gasteiger charge is -1.98. The molecule has 0 aliphatic heterocycles. The van der Waals surface area contributed by atoms with E-state index in [0.717, 1.165) is 14.1 Å². The van der Waals surface area contributed by atoms with Gasteiger partial charge in [-0.15, -0.1) is 0 Å². The van der Waals surface area contributed by atoms with E-state index in [1.54, 1.807) is 6.92 Å². The third-order valence-corrected chi connectivity index (χ3v) is 2.33. The molecular formula is C8H10FP. The van der Waals surface area contributed by atoms with Crippen LogP contribution in [0.25, 0.3) is 0 Å². The van der Waals surface area contributed by atoms with Crippen molar-refractivity contribution in [3.05, 3.63) is 29.6 Å². The van der Waals surface area contributed by atoms with Gasteiger partial charge < -0.3 is 0 Å². The van der Waals surface area contributed by atoms with Crippen molar-refractivity contribution in [2.24, 2.45) is 0 Å². The normalized spacial score (nSPS) is 11.1. The molecule has 0 aromatic heterocycles. The number of benzene rings is 1. The highest BCUT2D eigenvalue weighted by Gasteiger charge is 1.95. The van der Waals surface area contributed by atoms with E-state index in [2.05, 4.69) is 6.66 Å². The van der Waals surface area contributed by atoms with Crippen molar-refractivity contribution >= 4 is 13.9 Å². The molecule has 0 heterocycles. The lowest BCUT2D eigenvalue weighted by molar-refractivity contribution is 0.619. The average molecular weight is 156 g/mol. The minimum absolute atomic E-state index is 0.109. The van der Waals surface area contributed by atoms with E-state index in [4.69, 9.17) is 0 Å². The molecule has 0 radical (unpaired) electrons. The predicted molar refractivity (Wildman–Crippen MR) is 45.0 cm³/mol. The summed E-state index contributed by atoms with van der Waals surface area (Å²) in [6.07, 6.45) is 0. The fourth-order valence-electron chi connectivity index (χ4n) is 0.800. The Morgan fingerprint density at radius 2 is 2.10 bits per heavy atom. The van der Waals surface area contributed by atoms with Gasteiger partial charge in [0.1, 0.15) is 5.82 Å². The molecule has 1 aromatic carbocycles. The first-order chi connectivity index (χ1) is 4.74. The summed E-state index contributed by atoms with van der Waals surface area (Å²) in [5.74, 6) is -0.109. The maximum Gasteiger partial charge on any atom is 0.126 e. The fraction of sp³-hybridized carbons (Fsp3) is 0.250. The molecule has 54 valence electrons. The van der Waals surface area contributed by atoms with E-state index in [1.807, 2.05) is 12.1 Å². The summed E-state index contributed by atoms with van der Waals surface area (Å²) in [6.45, 7) is 3.88. The molecule has 1 aromatic rings. The van der Waals surface area contributed by atoms with Crippen LogP contribution in [0, 0.1) is 12.7 Å². The summed E-state index contributed by atoms with van der Waals surface area (Å²) in [6, 6.07) is 5.26. The zero-order chi connectivity index (χ0) is 7.56. The summed E-state index contributed by atoms with van der Waals surface area (Å²) in [5.41, 5.74) is 0.742. The molecule has 10 heavy (non-hydrogen) atoms. The Balaban J connectivity index is 3.04. The molecule has 0 spiro atoms. The second kappa shape index (κ2) is 3.12. The van der Waals surface area contributed by atoms with Gasteiger partial charge in [0, 0.05) is 0 Å². The zero-order valence-electron chi connectivity index (χ0n) is 6.11. The standard InChI is InChI=1S/C8H10FP/c1-6-5-7(10-2)3-4-8(6)9/h3-5,10H,1-2H3. The molecule has 0 nitrogen and oxygen atoms in total. The Kier molecular flexibility index (Phi) is 2.39. The summed E-state index contributed by atoms with van der Waals surface area (Å²) in [7, 11) is 0.756. The molecular weight excluding hydrogens is 146 g/mol. The van der Waals surface area contributed by atoms with E-state index in [-0.39, 0.29) is 5.82 Å². The van der Waals surface area contributed by atoms with Crippen LogP contribution < -0.4 is 5.30 Å². The molecule has 0 bridgehead atoms. The zero-order valence-corrected chi connectivity index (χ0v) is 7.11. The van der Waals surface area contributed by atoms with Gasteiger partial charge in [-0.05, 0) is 36.6 Å². The number of halogens is 1. The van der Waals surface area contributed by atoms with Crippen molar-refractivity contribution < 1.29 is 4.39 Å². The monoisotopic (exact) mass is 156 g/mol. The highest BCUT2D eigenvalue weighted by Crippen LogP contribution is 2.08. The molecule has 0 saturated carbocycles. The minimum Gasteiger partial charge on any atom is -0.207 e. The Hall–Kier alpha value is -0.420. The molecule has 1 unspecified atom stereocenters. The van der Waals surface area contributed by atoms with Crippen LogP contribution in [0.15, 0.2) is 18.2 Å². The first-order valence-corrected chi connectivity index (χ1v) is 4.68. The minimum atomic E-state index is -0.109. The Bertz CT molecular complexity index is 233. The van der Waals surface area contributed by atoms with Crippen LogP contribution in [0.4, 0.5) is 4.39 Å². The van der Waals surface area contributed by atoms with Gasteiger partial charge in [0.15, 0.2) is 0 Å². The van der Waals surface area contributed by atoms with Crippen molar-refractivity contribution in [1.82, 2.24) is 0 Å². The van der Waals surface area contributed by atoms with Crippen LogP contribution in [-0.2, 0) is 0 Å². The molecule has 2 heteroatoms. The van der Waals surface area contributed by atoms with Gasteiger partial charge in [-0.1, -0.05) is 14.6 Å². The number of hydrogen-bond donors (Lipinski definition) is 0. The fourth-order valence-corrected chi connectivity index (χ4v) is 1.41. The topological polar surface area (TPSA) is 0 Å². The second-order valence-corrected chi connectivity index (χ2v) is 3.29. The third-order valence-electron chi connectivity index (χ3n) is 1.45. The van der Waals surface area contributed by atoms with Crippen LogP contribution >= 0.6 is 8.58 Å². The van der Waals surface area contributed by atoms with Crippen molar-refractivity contribution in [3.8, 4) is 0 Å². The van der Waals surface area contributed by atoms with Crippen LogP contribution in [0.1, 0.15) is 5.56 Å². The van der Waals surface area contributed by atoms with E-state index >= 15 is 0 Å². The van der Waals surface area contributed by atoms with Crippen molar-refractivity contribution in [2.75, 3.05) is 6.66 Å². The smallest absolute Gasteiger partial charge is 0.126 e. The average Bonchev–Trinajstić information content (AvgIpc) is 1.95. The summed E-state index contributed by atoms with van der Waals surface area (Å²) >= 11 is 0. The summed E-state index contributed by atoms with van der Waals surface area (Å²) < 4.78 is 12.6. The Morgan fingerprint density at radius 3 is 2.60 bits per heavy atom. The first kappa shape index (κ1) is 7.68. The third kappa shape index (κ3) is 1.54. The van der Waals surface area contributed by atoms with Crippen LogP contribution in [0.5, 0.6) is 0 Å². The highest BCUT2D eigenvalue weighted by atomic mass is 31.1. The number of rotatable bonds is 1. The van der Waals surface area contributed by atoms with Gasteiger partial charge >= 0.3 is 0 Å². The van der Waals surface area contributed by atoms with Gasteiger partial charge in [0.05, 0.1) is 0 Å². The van der Waals surface area contributed by atoms with Gasteiger partial charge in [0.2, 0.25) is 0 Å². The molecule has 0 amide bonds. The van der Waals surface area contributed by atoms with E-state index < -0.39 is 0 Å². The highest BCUT2D eigenvalue weighted by molar-refractivity contribution is 7.46. The largest absolute Gasteiger partial charge is 0.207 e. The van der Waals surface area contributed by atoms with Crippen LogP contribution in [0.3, 0.4) is 0 Å². The maximum absolute atomic E-state index is 12.6. The molecule has 0 aliphatic carbocycles. The molecule has 1 atom stereocenters. The van der Waals surface area contributed by atoms with Crippen molar-refractivity contribution in [2.45, 2.75) is 6.92 Å². The lowest BCUT2D eigenvalue weighted by Crippen LogP contribution is -1.95.